The zero-order valence-electron chi connectivity index (χ0n) is 16.6. The molecule has 0 bridgehead atoms. The summed E-state index contributed by atoms with van der Waals surface area (Å²) >= 11 is 0. The molecular formula is C22H26N4O2. The molecule has 0 saturated carbocycles. The lowest BCUT2D eigenvalue weighted by Crippen LogP contribution is -2.35. The molecule has 2 heterocycles. The van der Waals surface area contributed by atoms with E-state index in [2.05, 4.69) is 29.8 Å². The summed E-state index contributed by atoms with van der Waals surface area (Å²) in [7, 11) is 1.63. The van der Waals surface area contributed by atoms with E-state index in [-0.39, 0.29) is 18.1 Å². The van der Waals surface area contributed by atoms with Crippen LogP contribution in [-0.2, 0) is 0 Å². The summed E-state index contributed by atoms with van der Waals surface area (Å²) in [5, 5.41) is 3.01. The monoisotopic (exact) mass is 378 g/mol. The molecule has 0 aliphatic carbocycles. The van der Waals surface area contributed by atoms with E-state index in [0.717, 1.165) is 47.7 Å². The highest BCUT2D eigenvalue weighted by Gasteiger charge is 2.34. The number of imidazole rings is 1. The van der Waals surface area contributed by atoms with Gasteiger partial charge in [0.15, 0.2) is 0 Å². The van der Waals surface area contributed by atoms with Crippen LogP contribution in [0.1, 0.15) is 44.6 Å². The number of amides is 2. The molecule has 3 aromatic rings. The van der Waals surface area contributed by atoms with Gasteiger partial charge in [-0.25, -0.2) is 9.78 Å². The summed E-state index contributed by atoms with van der Waals surface area (Å²) in [4.78, 5) is 19.8. The summed E-state index contributed by atoms with van der Waals surface area (Å²) in [6.07, 6.45) is 1.90. The van der Waals surface area contributed by atoms with E-state index in [4.69, 9.17) is 9.72 Å². The first-order chi connectivity index (χ1) is 13.6. The number of anilines is 1. The van der Waals surface area contributed by atoms with Gasteiger partial charge in [0.25, 0.3) is 0 Å². The fraction of sp³-hybridized carbons (Fsp3) is 0.364. The Morgan fingerprint density at radius 1 is 1.18 bits per heavy atom. The molecule has 0 radical (unpaired) electrons. The predicted molar refractivity (Wildman–Crippen MR) is 111 cm³/mol. The molecular weight excluding hydrogens is 352 g/mol. The normalized spacial score (nSPS) is 16.7. The average Bonchev–Trinajstić information content (AvgIpc) is 3.33. The Kier molecular flexibility index (Phi) is 4.94. The van der Waals surface area contributed by atoms with Gasteiger partial charge in [0.1, 0.15) is 11.6 Å². The van der Waals surface area contributed by atoms with E-state index in [0.29, 0.717) is 0 Å². The molecule has 0 spiro atoms. The maximum absolute atomic E-state index is 13.0. The molecule has 2 amide bonds. The summed E-state index contributed by atoms with van der Waals surface area (Å²) in [5.41, 5.74) is 2.86. The molecule has 28 heavy (non-hydrogen) atoms. The molecule has 1 aliphatic heterocycles. The highest BCUT2D eigenvalue weighted by Crippen LogP contribution is 2.35. The molecule has 146 valence electrons. The number of methoxy groups -OCH3 is 1. The zero-order valence-corrected chi connectivity index (χ0v) is 16.6. The zero-order chi connectivity index (χ0) is 19.7. The van der Waals surface area contributed by atoms with Crippen molar-refractivity contribution in [1.82, 2.24) is 14.5 Å². The highest BCUT2D eigenvalue weighted by molar-refractivity contribution is 5.90. The van der Waals surface area contributed by atoms with Crippen LogP contribution in [0.3, 0.4) is 0 Å². The van der Waals surface area contributed by atoms with Crippen molar-refractivity contribution in [2.24, 2.45) is 0 Å². The Bertz CT molecular complexity index is 978. The molecule has 1 atom stereocenters. The minimum absolute atomic E-state index is 0.0203. The van der Waals surface area contributed by atoms with Gasteiger partial charge in [0.05, 0.1) is 24.2 Å². The van der Waals surface area contributed by atoms with Crippen LogP contribution in [0.15, 0.2) is 48.5 Å². The van der Waals surface area contributed by atoms with E-state index < -0.39 is 0 Å². The van der Waals surface area contributed by atoms with Crippen molar-refractivity contribution < 1.29 is 9.53 Å². The maximum atomic E-state index is 13.0. The van der Waals surface area contributed by atoms with Gasteiger partial charge in [-0.3, -0.25) is 0 Å². The minimum Gasteiger partial charge on any atom is -0.497 e. The number of hydrogen-bond donors (Lipinski definition) is 1. The molecule has 1 saturated heterocycles. The molecule has 6 nitrogen and oxygen atoms in total. The van der Waals surface area contributed by atoms with Gasteiger partial charge in [0, 0.05) is 18.3 Å². The summed E-state index contributed by atoms with van der Waals surface area (Å²) in [5.74, 6) is 1.74. The third-order valence-electron chi connectivity index (χ3n) is 5.29. The number of ether oxygens (including phenoxy) is 1. The first kappa shape index (κ1) is 18.3. The highest BCUT2D eigenvalue weighted by atomic mass is 16.5. The number of nitrogens with zero attached hydrogens (tertiary/aromatic N) is 3. The molecule has 1 N–H and O–H groups in total. The SMILES string of the molecule is COc1ccc(NC(=O)N2CCC[C@@H]2c2nc3ccccc3n2C(C)C)cc1. The summed E-state index contributed by atoms with van der Waals surface area (Å²) < 4.78 is 7.44. The van der Waals surface area contributed by atoms with Crippen molar-refractivity contribution in [1.29, 1.82) is 0 Å². The number of nitrogens with one attached hydrogen (secondary N) is 1. The van der Waals surface area contributed by atoms with Crippen molar-refractivity contribution in [3.05, 3.63) is 54.4 Å². The van der Waals surface area contributed by atoms with E-state index in [9.17, 15) is 4.79 Å². The van der Waals surface area contributed by atoms with Gasteiger partial charge in [-0.2, -0.15) is 0 Å². The standard InChI is InChI=1S/C22H26N4O2/c1-15(2)26-19-8-5-4-7-18(19)24-21(26)20-9-6-14-25(20)22(27)23-16-10-12-17(28-3)13-11-16/h4-5,7-8,10-13,15,20H,6,9,14H2,1-3H3,(H,23,27)/t20-/m1/s1. The Hall–Kier alpha value is -3.02. The average molecular weight is 378 g/mol. The van der Waals surface area contributed by atoms with Crippen LogP contribution in [0, 0.1) is 0 Å². The fourth-order valence-corrected chi connectivity index (χ4v) is 3.99. The Morgan fingerprint density at radius 3 is 2.64 bits per heavy atom. The molecule has 6 heteroatoms. The van der Waals surface area contributed by atoms with Crippen LogP contribution in [-0.4, -0.2) is 34.1 Å². The molecule has 0 unspecified atom stereocenters. The van der Waals surface area contributed by atoms with Crippen molar-refractivity contribution in [3.63, 3.8) is 0 Å². The van der Waals surface area contributed by atoms with Crippen molar-refractivity contribution >= 4 is 22.8 Å². The Morgan fingerprint density at radius 2 is 1.93 bits per heavy atom. The predicted octanol–water partition coefficient (Wildman–Crippen LogP) is 4.99. The number of aromatic nitrogens is 2. The second-order valence-electron chi connectivity index (χ2n) is 7.43. The third kappa shape index (κ3) is 3.30. The minimum atomic E-state index is -0.0879. The maximum Gasteiger partial charge on any atom is 0.322 e. The summed E-state index contributed by atoms with van der Waals surface area (Å²) in [6, 6.07) is 15.7. The molecule has 4 rings (SSSR count). The summed E-state index contributed by atoms with van der Waals surface area (Å²) in [6.45, 7) is 5.05. The Balaban J connectivity index is 1.62. The van der Waals surface area contributed by atoms with E-state index in [1.165, 1.54) is 0 Å². The first-order valence-corrected chi connectivity index (χ1v) is 9.77. The smallest absolute Gasteiger partial charge is 0.322 e. The number of benzene rings is 2. The third-order valence-corrected chi connectivity index (χ3v) is 5.29. The lowest BCUT2D eigenvalue weighted by atomic mass is 10.2. The van der Waals surface area contributed by atoms with Crippen LogP contribution in [0.4, 0.5) is 10.5 Å². The van der Waals surface area contributed by atoms with E-state index in [1.807, 2.05) is 47.4 Å². The van der Waals surface area contributed by atoms with E-state index >= 15 is 0 Å². The number of fused-ring (bicyclic) bond motifs is 1. The topological polar surface area (TPSA) is 59.4 Å². The first-order valence-electron chi connectivity index (χ1n) is 9.77. The van der Waals surface area contributed by atoms with Gasteiger partial charge >= 0.3 is 6.03 Å². The number of carbonyl (C=O) groups is 1. The largest absolute Gasteiger partial charge is 0.497 e. The van der Waals surface area contributed by atoms with Gasteiger partial charge in [0.2, 0.25) is 0 Å². The van der Waals surface area contributed by atoms with Gasteiger partial charge in [-0.1, -0.05) is 12.1 Å². The Labute approximate surface area is 165 Å². The molecule has 1 aliphatic rings. The van der Waals surface area contributed by atoms with Crippen molar-refractivity contribution in [2.75, 3.05) is 19.0 Å². The number of rotatable bonds is 4. The van der Waals surface area contributed by atoms with Crippen LogP contribution >= 0.6 is 0 Å². The number of hydrogen-bond acceptors (Lipinski definition) is 3. The number of likely N-dealkylation sites (tertiary alicyclic amines) is 1. The van der Waals surface area contributed by atoms with Crippen molar-refractivity contribution in [2.45, 2.75) is 38.8 Å². The number of para-hydroxylation sites is 2. The second kappa shape index (κ2) is 7.54. The molecule has 1 aromatic heterocycles. The number of urea groups is 1. The lowest BCUT2D eigenvalue weighted by molar-refractivity contribution is 0.203. The van der Waals surface area contributed by atoms with Crippen LogP contribution < -0.4 is 10.1 Å². The van der Waals surface area contributed by atoms with Crippen LogP contribution in [0.5, 0.6) is 5.75 Å². The van der Waals surface area contributed by atoms with Crippen LogP contribution in [0.25, 0.3) is 11.0 Å². The van der Waals surface area contributed by atoms with E-state index in [1.54, 1.807) is 7.11 Å². The van der Waals surface area contributed by atoms with Crippen LogP contribution in [0.2, 0.25) is 0 Å². The van der Waals surface area contributed by atoms with Crippen molar-refractivity contribution in [3.8, 4) is 5.75 Å². The van der Waals surface area contributed by atoms with Gasteiger partial charge in [-0.15, -0.1) is 0 Å². The second-order valence-corrected chi connectivity index (χ2v) is 7.43. The lowest BCUT2D eigenvalue weighted by Gasteiger charge is -2.26. The molecule has 2 aromatic carbocycles. The quantitative estimate of drug-likeness (QED) is 0.695. The number of carbonyl (C=O) groups excluding carboxylic acids is 1. The fourth-order valence-electron chi connectivity index (χ4n) is 3.99. The van der Waals surface area contributed by atoms with Gasteiger partial charge in [-0.05, 0) is 63.1 Å². The van der Waals surface area contributed by atoms with Gasteiger partial charge < -0.3 is 19.5 Å². The molecule has 1 fully saturated rings.